The van der Waals surface area contributed by atoms with E-state index >= 15 is 0 Å². The number of hydrogen-bond donors (Lipinski definition) is 0. The summed E-state index contributed by atoms with van der Waals surface area (Å²) in [6.07, 6.45) is 11.3. The first-order valence-electron chi connectivity index (χ1n) is 13.6. The number of nitrogens with zero attached hydrogens (tertiary/aromatic N) is 1. The fraction of sp³-hybridized carbons (Fsp3) is 0.929. The van der Waals surface area contributed by atoms with Gasteiger partial charge in [-0.15, -0.1) is 0 Å². The molecule has 5 heteroatoms. The zero-order chi connectivity index (χ0) is 24.8. The standard InChI is InChI=1S/C28H51NO4/c1-9-10-12-17-24(30)22(20(2)3)19-25-23(18-21-15-13-11-14-16-21)29(28(7,8)32-25)26(31)33-27(4,5)6/h20-23,25H,9-19H2,1-8H3/t22-,23-,25-/m0/s1. The molecule has 3 atom stereocenters. The number of amides is 1. The topological polar surface area (TPSA) is 55.8 Å². The Bertz CT molecular complexity index is 630. The van der Waals surface area contributed by atoms with E-state index in [-0.39, 0.29) is 30.1 Å². The summed E-state index contributed by atoms with van der Waals surface area (Å²) < 4.78 is 12.4. The van der Waals surface area contributed by atoms with Gasteiger partial charge in [0, 0.05) is 12.3 Å². The Morgan fingerprint density at radius 2 is 1.73 bits per heavy atom. The number of Topliss-reactive ketones (excluding diaryl/α,β-unsaturated/α-hetero) is 1. The van der Waals surface area contributed by atoms with Crippen LogP contribution < -0.4 is 0 Å². The SMILES string of the molecule is CCCCCC(=O)[C@@H](C[C@@H]1OC(C)(C)N(C(=O)OC(C)(C)C)[C@H]1CC1CCCCC1)C(C)C. The minimum Gasteiger partial charge on any atom is -0.444 e. The molecule has 0 aromatic heterocycles. The second-order valence-corrected chi connectivity index (χ2v) is 12.3. The first kappa shape index (κ1) is 28.1. The molecule has 2 aliphatic rings. The molecular formula is C28H51NO4. The van der Waals surface area contributed by atoms with Gasteiger partial charge in [-0.2, -0.15) is 0 Å². The Morgan fingerprint density at radius 1 is 1.09 bits per heavy atom. The van der Waals surface area contributed by atoms with Crippen molar-refractivity contribution in [1.29, 1.82) is 0 Å². The molecule has 1 amide bonds. The number of hydrogen-bond acceptors (Lipinski definition) is 4. The van der Waals surface area contributed by atoms with Crippen LogP contribution >= 0.6 is 0 Å². The van der Waals surface area contributed by atoms with E-state index in [0.29, 0.717) is 24.5 Å². The van der Waals surface area contributed by atoms with E-state index < -0.39 is 11.3 Å². The molecule has 1 aliphatic heterocycles. The molecule has 0 radical (unpaired) electrons. The highest BCUT2D eigenvalue weighted by atomic mass is 16.6. The van der Waals surface area contributed by atoms with Crippen LogP contribution in [0.15, 0.2) is 0 Å². The largest absolute Gasteiger partial charge is 0.444 e. The van der Waals surface area contributed by atoms with Crippen LogP contribution in [-0.4, -0.2) is 40.2 Å². The van der Waals surface area contributed by atoms with Crippen molar-refractivity contribution in [3.05, 3.63) is 0 Å². The summed E-state index contributed by atoms with van der Waals surface area (Å²) in [5, 5.41) is 0. The third-order valence-electron chi connectivity index (χ3n) is 7.40. The van der Waals surface area contributed by atoms with E-state index in [2.05, 4.69) is 20.8 Å². The lowest BCUT2D eigenvalue weighted by Crippen LogP contribution is -2.51. The van der Waals surface area contributed by atoms with Gasteiger partial charge in [-0.05, 0) is 65.7 Å². The van der Waals surface area contributed by atoms with Crippen molar-refractivity contribution in [1.82, 2.24) is 4.90 Å². The Balaban J connectivity index is 2.26. The van der Waals surface area contributed by atoms with Crippen molar-refractivity contribution in [2.45, 2.75) is 149 Å². The van der Waals surface area contributed by atoms with Crippen molar-refractivity contribution >= 4 is 11.9 Å². The van der Waals surface area contributed by atoms with Gasteiger partial charge in [0.05, 0.1) is 12.1 Å². The molecule has 1 saturated carbocycles. The van der Waals surface area contributed by atoms with E-state index in [1.54, 1.807) is 0 Å². The normalized spacial score (nSPS) is 24.8. The molecule has 0 aromatic carbocycles. The number of rotatable bonds is 10. The van der Waals surface area contributed by atoms with Crippen molar-refractivity contribution in [3.63, 3.8) is 0 Å². The molecule has 1 heterocycles. The molecule has 1 aliphatic carbocycles. The van der Waals surface area contributed by atoms with Crippen LogP contribution in [0.1, 0.15) is 126 Å². The fourth-order valence-corrected chi connectivity index (χ4v) is 5.72. The van der Waals surface area contributed by atoms with Crippen LogP contribution in [0.4, 0.5) is 4.79 Å². The summed E-state index contributed by atoms with van der Waals surface area (Å²) in [7, 11) is 0. The van der Waals surface area contributed by atoms with Gasteiger partial charge >= 0.3 is 6.09 Å². The van der Waals surface area contributed by atoms with Gasteiger partial charge in [-0.1, -0.05) is 65.7 Å². The lowest BCUT2D eigenvalue weighted by atomic mass is 9.79. The second kappa shape index (κ2) is 12.0. The molecule has 2 fully saturated rings. The van der Waals surface area contributed by atoms with Crippen LogP contribution in [0.25, 0.3) is 0 Å². The smallest absolute Gasteiger partial charge is 0.412 e. The Morgan fingerprint density at radius 3 is 2.27 bits per heavy atom. The number of unbranched alkanes of at least 4 members (excludes halogenated alkanes) is 2. The van der Waals surface area contributed by atoms with E-state index in [4.69, 9.17) is 9.47 Å². The van der Waals surface area contributed by atoms with Crippen LogP contribution in [0, 0.1) is 17.8 Å². The van der Waals surface area contributed by atoms with E-state index in [0.717, 1.165) is 25.7 Å². The molecule has 0 unspecified atom stereocenters. The summed E-state index contributed by atoms with van der Waals surface area (Å²) in [5.74, 6) is 1.19. The Hall–Kier alpha value is -1.10. The maximum absolute atomic E-state index is 13.4. The summed E-state index contributed by atoms with van der Waals surface area (Å²) in [5.41, 5.74) is -1.31. The van der Waals surface area contributed by atoms with Gasteiger partial charge in [0.2, 0.25) is 0 Å². The van der Waals surface area contributed by atoms with Gasteiger partial charge in [0.25, 0.3) is 0 Å². The molecule has 0 bridgehead atoms. The Labute approximate surface area is 203 Å². The number of ether oxygens (including phenoxy) is 2. The van der Waals surface area contributed by atoms with Gasteiger partial charge in [0.15, 0.2) is 0 Å². The Kier molecular flexibility index (Phi) is 10.3. The van der Waals surface area contributed by atoms with Crippen LogP contribution in [0.3, 0.4) is 0 Å². The van der Waals surface area contributed by atoms with Crippen molar-refractivity contribution in [2.75, 3.05) is 0 Å². The highest BCUT2D eigenvalue weighted by Crippen LogP contribution is 2.42. The molecule has 1 saturated heterocycles. The summed E-state index contributed by atoms with van der Waals surface area (Å²) in [6, 6.07) is -0.0531. The van der Waals surface area contributed by atoms with Gasteiger partial charge < -0.3 is 9.47 Å². The monoisotopic (exact) mass is 465 g/mol. The molecule has 0 N–H and O–H groups in total. The summed E-state index contributed by atoms with van der Waals surface area (Å²) in [6.45, 7) is 16.1. The number of carbonyl (C=O) groups excluding carboxylic acids is 2. The molecule has 5 nitrogen and oxygen atoms in total. The maximum atomic E-state index is 13.4. The van der Waals surface area contributed by atoms with Gasteiger partial charge in [0.1, 0.15) is 17.1 Å². The van der Waals surface area contributed by atoms with E-state index in [1.807, 2.05) is 39.5 Å². The first-order chi connectivity index (χ1) is 15.4. The highest BCUT2D eigenvalue weighted by Gasteiger charge is 2.52. The molecule has 0 aromatic rings. The average molecular weight is 466 g/mol. The van der Waals surface area contributed by atoms with Gasteiger partial charge in [-0.25, -0.2) is 4.79 Å². The van der Waals surface area contributed by atoms with Gasteiger partial charge in [-0.3, -0.25) is 9.69 Å². The summed E-state index contributed by atoms with van der Waals surface area (Å²) >= 11 is 0. The second-order valence-electron chi connectivity index (χ2n) is 12.3. The third-order valence-corrected chi connectivity index (χ3v) is 7.40. The van der Waals surface area contributed by atoms with Crippen LogP contribution in [0.5, 0.6) is 0 Å². The minimum atomic E-state index is -0.751. The van der Waals surface area contributed by atoms with Crippen LogP contribution in [0.2, 0.25) is 0 Å². The predicted octanol–water partition coefficient (Wildman–Crippen LogP) is 7.51. The molecule has 33 heavy (non-hydrogen) atoms. The molecular weight excluding hydrogens is 414 g/mol. The van der Waals surface area contributed by atoms with E-state index in [1.165, 1.54) is 32.1 Å². The van der Waals surface area contributed by atoms with Crippen LogP contribution in [-0.2, 0) is 14.3 Å². The summed E-state index contributed by atoms with van der Waals surface area (Å²) in [4.78, 5) is 28.4. The average Bonchev–Trinajstić information content (AvgIpc) is 2.94. The number of carbonyl (C=O) groups is 2. The molecule has 192 valence electrons. The quantitative estimate of drug-likeness (QED) is 0.313. The minimum absolute atomic E-state index is 0.0323. The molecule has 2 rings (SSSR count). The van der Waals surface area contributed by atoms with Crippen molar-refractivity contribution < 1.29 is 19.1 Å². The highest BCUT2D eigenvalue weighted by molar-refractivity contribution is 5.81. The van der Waals surface area contributed by atoms with E-state index in [9.17, 15) is 9.59 Å². The third kappa shape index (κ3) is 8.26. The molecule has 0 spiro atoms. The predicted molar refractivity (Wildman–Crippen MR) is 134 cm³/mol. The maximum Gasteiger partial charge on any atom is 0.412 e. The zero-order valence-corrected chi connectivity index (χ0v) is 22.7. The van der Waals surface area contributed by atoms with Crippen molar-refractivity contribution in [3.8, 4) is 0 Å². The van der Waals surface area contributed by atoms with Crippen molar-refractivity contribution in [2.24, 2.45) is 17.8 Å². The fourth-order valence-electron chi connectivity index (χ4n) is 5.72. The zero-order valence-electron chi connectivity index (χ0n) is 22.7. The lowest BCUT2D eigenvalue weighted by molar-refractivity contribution is -0.127. The lowest BCUT2D eigenvalue weighted by Gasteiger charge is -2.37. The number of ketones is 1. The first-order valence-corrected chi connectivity index (χ1v) is 13.6.